The first-order valence-corrected chi connectivity index (χ1v) is 5.88. The highest BCUT2D eigenvalue weighted by atomic mass is 79.9. The molecule has 1 heterocycles. The number of hydrogen-bond acceptors (Lipinski definition) is 2. The van der Waals surface area contributed by atoms with Crippen LogP contribution in [-0.2, 0) is 0 Å². The van der Waals surface area contributed by atoms with E-state index >= 15 is 0 Å². The molecule has 0 radical (unpaired) electrons. The molecule has 1 aromatic heterocycles. The monoisotopic (exact) mass is 279 g/mol. The Labute approximate surface area is 103 Å². The van der Waals surface area contributed by atoms with Gasteiger partial charge in [0.1, 0.15) is 0 Å². The first kappa shape index (κ1) is 11.2. The predicted molar refractivity (Wildman–Crippen MR) is 69.9 cm³/mol. The van der Waals surface area contributed by atoms with Crippen LogP contribution in [0, 0.1) is 20.8 Å². The molecule has 0 aliphatic carbocycles. The second kappa shape index (κ2) is 3.94. The summed E-state index contributed by atoms with van der Waals surface area (Å²) in [6, 6.07) is 5.74. The number of hydrogen-bond donors (Lipinski definition) is 1. The Kier molecular flexibility index (Phi) is 2.76. The molecule has 3 nitrogen and oxygen atoms in total. The molecule has 2 aromatic rings. The van der Waals surface area contributed by atoms with E-state index in [-0.39, 0.29) is 0 Å². The standard InChI is InChI=1S/C12H14BrN3/c1-7-8(2)15-16(9(7)3)12-5-4-10(14)6-11(12)13/h4-6H,14H2,1-3H3. The Bertz CT molecular complexity index is 543. The fraction of sp³-hybridized carbons (Fsp3) is 0.250. The molecule has 0 fully saturated rings. The lowest BCUT2D eigenvalue weighted by molar-refractivity contribution is 0.830. The lowest BCUT2D eigenvalue weighted by Gasteiger charge is -2.07. The van der Waals surface area contributed by atoms with Gasteiger partial charge < -0.3 is 5.73 Å². The van der Waals surface area contributed by atoms with Gasteiger partial charge in [-0.05, 0) is 60.5 Å². The molecular weight excluding hydrogens is 266 g/mol. The number of benzene rings is 1. The van der Waals surface area contributed by atoms with E-state index < -0.39 is 0 Å². The van der Waals surface area contributed by atoms with E-state index in [9.17, 15) is 0 Å². The van der Waals surface area contributed by atoms with Crippen molar-refractivity contribution in [2.45, 2.75) is 20.8 Å². The number of nitrogens with two attached hydrogens (primary N) is 1. The highest BCUT2D eigenvalue weighted by Gasteiger charge is 2.11. The van der Waals surface area contributed by atoms with E-state index in [1.54, 1.807) is 0 Å². The maximum Gasteiger partial charge on any atom is 0.0792 e. The Morgan fingerprint density at radius 3 is 2.44 bits per heavy atom. The van der Waals surface area contributed by atoms with E-state index in [1.807, 2.05) is 29.8 Å². The van der Waals surface area contributed by atoms with Crippen molar-refractivity contribution >= 4 is 21.6 Å². The summed E-state index contributed by atoms with van der Waals surface area (Å²) < 4.78 is 2.90. The van der Waals surface area contributed by atoms with Gasteiger partial charge in [-0.25, -0.2) is 4.68 Å². The normalized spacial score (nSPS) is 10.8. The van der Waals surface area contributed by atoms with Crippen LogP contribution < -0.4 is 5.73 Å². The predicted octanol–water partition coefficient (Wildman–Crippen LogP) is 3.14. The first-order chi connectivity index (χ1) is 7.50. The van der Waals surface area contributed by atoms with Gasteiger partial charge in [0.25, 0.3) is 0 Å². The third-order valence-corrected chi connectivity index (χ3v) is 3.49. The van der Waals surface area contributed by atoms with Gasteiger partial charge in [-0.1, -0.05) is 0 Å². The minimum absolute atomic E-state index is 0.744. The van der Waals surface area contributed by atoms with Crippen molar-refractivity contribution in [3.05, 3.63) is 39.6 Å². The summed E-state index contributed by atoms with van der Waals surface area (Å²) in [6.07, 6.45) is 0. The molecule has 0 unspecified atom stereocenters. The maximum absolute atomic E-state index is 5.72. The Morgan fingerprint density at radius 1 is 1.25 bits per heavy atom. The number of nitrogen functional groups attached to an aromatic ring is 1. The second-order valence-electron chi connectivity index (χ2n) is 3.92. The molecule has 16 heavy (non-hydrogen) atoms. The van der Waals surface area contributed by atoms with E-state index in [0.717, 1.165) is 27.2 Å². The quantitative estimate of drug-likeness (QED) is 0.815. The average molecular weight is 280 g/mol. The van der Waals surface area contributed by atoms with Crippen LogP contribution in [0.2, 0.25) is 0 Å². The van der Waals surface area contributed by atoms with Gasteiger partial charge in [0, 0.05) is 15.9 Å². The molecule has 84 valence electrons. The molecule has 0 aliphatic heterocycles. The minimum atomic E-state index is 0.744. The number of aryl methyl sites for hydroxylation is 1. The summed E-state index contributed by atoms with van der Waals surface area (Å²) in [4.78, 5) is 0. The van der Waals surface area contributed by atoms with Gasteiger partial charge >= 0.3 is 0 Å². The molecule has 0 spiro atoms. The molecule has 0 amide bonds. The van der Waals surface area contributed by atoms with Gasteiger partial charge in [0.2, 0.25) is 0 Å². The van der Waals surface area contributed by atoms with Crippen LogP contribution in [0.3, 0.4) is 0 Å². The van der Waals surface area contributed by atoms with Gasteiger partial charge in [-0.15, -0.1) is 0 Å². The second-order valence-corrected chi connectivity index (χ2v) is 4.77. The minimum Gasteiger partial charge on any atom is -0.399 e. The zero-order valence-corrected chi connectivity index (χ0v) is 11.2. The van der Waals surface area contributed by atoms with Crippen LogP contribution in [0.15, 0.2) is 22.7 Å². The van der Waals surface area contributed by atoms with E-state index in [2.05, 4.69) is 34.9 Å². The van der Waals surface area contributed by atoms with Crippen molar-refractivity contribution < 1.29 is 0 Å². The van der Waals surface area contributed by atoms with Crippen molar-refractivity contribution in [3.63, 3.8) is 0 Å². The molecule has 2 N–H and O–H groups in total. The maximum atomic E-state index is 5.72. The van der Waals surface area contributed by atoms with Crippen LogP contribution in [0.4, 0.5) is 5.69 Å². The third kappa shape index (κ3) is 1.73. The zero-order valence-electron chi connectivity index (χ0n) is 9.58. The molecule has 0 saturated heterocycles. The number of rotatable bonds is 1. The van der Waals surface area contributed by atoms with Crippen LogP contribution >= 0.6 is 15.9 Å². The van der Waals surface area contributed by atoms with Gasteiger partial charge in [0.15, 0.2) is 0 Å². The molecule has 4 heteroatoms. The van der Waals surface area contributed by atoms with Crippen LogP contribution in [-0.4, -0.2) is 9.78 Å². The third-order valence-electron chi connectivity index (χ3n) is 2.85. The Morgan fingerprint density at radius 2 is 1.94 bits per heavy atom. The first-order valence-electron chi connectivity index (χ1n) is 5.09. The summed E-state index contributed by atoms with van der Waals surface area (Å²) in [5.74, 6) is 0. The van der Waals surface area contributed by atoms with Crippen molar-refractivity contribution in [1.29, 1.82) is 0 Å². The molecule has 2 rings (SSSR count). The molecule has 1 aromatic carbocycles. The van der Waals surface area contributed by atoms with Gasteiger partial charge in [0.05, 0.1) is 11.4 Å². The molecule has 0 saturated carbocycles. The van der Waals surface area contributed by atoms with E-state index in [4.69, 9.17) is 5.73 Å². The SMILES string of the molecule is Cc1nn(-c2ccc(N)cc2Br)c(C)c1C. The van der Waals surface area contributed by atoms with Crippen molar-refractivity contribution in [2.75, 3.05) is 5.73 Å². The highest BCUT2D eigenvalue weighted by Crippen LogP contribution is 2.25. The largest absolute Gasteiger partial charge is 0.399 e. The number of nitrogens with zero attached hydrogens (tertiary/aromatic N) is 2. The van der Waals surface area contributed by atoms with Crippen LogP contribution in [0.25, 0.3) is 5.69 Å². The number of anilines is 1. The van der Waals surface area contributed by atoms with Crippen LogP contribution in [0.1, 0.15) is 17.0 Å². The van der Waals surface area contributed by atoms with Crippen molar-refractivity contribution in [2.24, 2.45) is 0 Å². The Hall–Kier alpha value is -1.29. The highest BCUT2D eigenvalue weighted by molar-refractivity contribution is 9.10. The van der Waals surface area contributed by atoms with E-state index in [0.29, 0.717) is 0 Å². The van der Waals surface area contributed by atoms with Crippen molar-refractivity contribution in [3.8, 4) is 5.69 Å². The molecular formula is C12H14BrN3. The topological polar surface area (TPSA) is 43.8 Å². The van der Waals surface area contributed by atoms with Gasteiger partial charge in [-0.2, -0.15) is 5.10 Å². The lowest BCUT2D eigenvalue weighted by Crippen LogP contribution is -2.01. The smallest absolute Gasteiger partial charge is 0.0792 e. The molecule has 0 aliphatic rings. The molecule has 0 atom stereocenters. The van der Waals surface area contributed by atoms with Gasteiger partial charge in [-0.3, -0.25) is 0 Å². The summed E-state index contributed by atoms with van der Waals surface area (Å²) >= 11 is 3.51. The number of aromatic nitrogens is 2. The molecule has 0 bridgehead atoms. The summed E-state index contributed by atoms with van der Waals surface area (Å²) in [5.41, 5.74) is 10.9. The summed E-state index contributed by atoms with van der Waals surface area (Å²) in [7, 11) is 0. The van der Waals surface area contributed by atoms with Crippen LogP contribution in [0.5, 0.6) is 0 Å². The summed E-state index contributed by atoms with van der Waals surface area (Å²) in [6.45, 7) is 6.17. The Balaban J connectivity index is 2.63. The lowest BCUT2D eigenvalue weighted by atomic mass is 10.2. The fourth-order valence-corrected chi connectivity index (χ4v) is 2.21. The average Bonchev–Trinajstić information content (AvgIpc) is 2.46. The fourth-order valence-electron chi connectivity index (χ4n) is 1.65. The zero-order chi connectivity index (χ0) is 11.9. The van der Waals surface area contributed by atoms with E-state index in [1.165, 1.54) is 5.56 Å². The summed E-state index contributed by atoms with van der Waals surface area (Å²) in [5, 5.41) is 4.52. The van der Waals surface area contributed by atoms with Crippen molar-refractivity contribution in [1.82, 2.24) is 9.78 Å². The number of halogens is 1.